The first kappa shape index (κ1) is 5.15. The van der Waals surface area contributed by atoms with Crippen molar-refractivity contribution >= 4 is 5.91 Å². The third-order valence-corrected chi connectivity index (χ3v) is 1.02. The van der Waals surface area contributed by atoms with E-state index in [0.29, 0.717) is 12.2 Å². The van der Waals surface area contributed by atoms with E-state index in [2.05, 4.69) is 17.2 Å². The molecular weight excluding hydrogens is 104 g/mol. The molecule has 1 fully saturated rings. The second-order valence-corrected chi connectivity index (χ2v) is 1.66. The molecule has 1 aliphatic heterocycles. The minimum atomic E-state index is -0.0868. The third kappa shape index (κ3) is 0.804. The number of hydrogen-bond donors (Lipinski definition) is 2. The maximum Gasteiger partial charge on any atom is 0.266 e. The molecule has 0 unspecified atom stereocenters. The molecule has 1 saturated heterocycles. The number of amides is 1. The van der Waals surface area contributed by atoms with Gasteiger partial charge < -0.3 is 10.6 Å². The highest BCUT2D eigenvalue weighted by Gasteiger charge is 2.08. The van der Waals surface area contributed by atoms with Crippen LogP contribution in [0.4, 0.5) is 0 Å². The zero-order chi connectivity index (χ0) is 5.98. The lowest BCUT2D eigenvalue weighted by atomic mass is 10.3. The van der Waals surface area contributed by atoms with Crippen LogP contribution in [0.3, 0.4) is 0 Å². The van der Waals surface area contributed by atoms with Gasteiger partial charge >= 0.3 is 0 Å². The van der Waals surface area contributed by atoms with Crippen LogP contribution in [0, 0.1) is 0 Å². The first-order valence-electron chi connectivity index (χ1n) is 2.51. The van der Waals surface area contributed by atoms with Crippen molar-refractivity contribution < 1.29 is 4.79 Å². The van der Waals surface area contributed by atoms with E-state index in [1.54, 1.807) is 0 Å². The van der Waals surface area contributed by atoms with E-state index in [1.807, 2.05) is 0 Å². The van der Waals surface area contributed by atoms with Gasteiger partial charge in [0.15, 0.2) is 0 Å². The Balaban J connectivity index is 2.52. The first-order chi connectivity index (χ1) is 3.80. The summed E-state index contributed by atoms with van der Waals surface area (Å²) in [5.74, 6) is -0.0868. The highest BCUT2D eigenvalue weighted by Crippen LogP contribution is 1.86. The van der Waals surface area contributed by atoms with Gasteiger partial charge in [-0.1, -0.05) is 6.58 Å². The number of carbonyl (C=O) groups excluding carboxylic acids is 1. The van der Waals surface area contributed by atoms with E-state index in [9.17, 15) is 4.79 Å². The minimum Gasteiger partial charge on any atom is -0.379 e. The number of rotatable bonds is 0. The van der Waals surface area contributed by atoms with Crippen LogP contribution in [0.15, 0.2) is 12.3 Å². The lowest BCUT2D eigenvalue weighted by Crippen LogP contribution is -2.42. The SMILES string of the molecule is C=C1NCCNC1=O. The zero-order valence-corrected chi connectivity index (χ0v) is 4.53. The Morgan fingerprint density at radius 3 is 2.38 bits per heavy atom. The van der Waals surface area contributed by atoms with Crippen LogP contribution in [0.5, 0.6) is 0 Å². The van der Waals surface area contributed by atoms with Gasteiger partial charge in [0.05, 0.1) is 5.70 Å². The van der Waals surface area contributed by atoms with Gasteiger partial charge in [-0.2, -0.15) is 0 Å². The van der Waals surface area contributed by atoms with E-state index >= 15 is 0 Å². The Labute approximate surface area is 47.8 Å². The van der Waals surface area contributed by atoms with Crippen LogP contribution in [0.1, 0.15) is 0 Å². The largest absolute Gasteiger partial charge is 0.379 e. The standard InChI is InChI=1S/C5H8N2O/c1-4-5(8)7-3-2-6-4/h6H,1-3H2,(H,7,8). The van der Waals surface area contributed by atoms with Crippen LogP contribution in [-0.4, -0.2) is 19.0 Å². The normalized spacial score (nSPS) is 19.5. The van der Waals surface area contributed by atoms with Crippen molar-refractivity contribution in [2.24, 2.45) is 0 Å². The van der Waals surface area contributed by atoms with E-state index in [1.165, 1.54) is 0 Å². The summed E-state index contributed by atoms with van der Waals surface area (Å²) < 4.78 is 0. The molecule has 0 saturated carbocycles. The van der Waals surface area contributed by atoms with E-state index < -0.39 is 0 Å². The molecule has 0 aromatic carbocycles. The quantitative estimate of drug-likeness (QED) is 0.403. The fraction of sp³-hybridized carbons (Fsp3) is 0.400. The molecule has 8 heavy (non-hydrogen) atoms. The maximum atomic E-state index is 10.5. The molecule has 3 heteroatoms. The Hall–Kier alpha value is -0.990. The van der Waals surface area contributed by atoms with Gasteiger partial charge in [0.2, 0.25) is 0 Å². The van der Waals surface area contributed by atoms with E-state index in [0.717, 1.165) is 6.54 Å². The van der Waals surface area contributed by atoms with Gasteiger partial charge in [0, 0.05) is 13.1 Å². The molecule has 1 amide bonds. The number of carbonyl (C=O) groups is 1. The molecule has 1 rings (SSSR count). The van der Waals surface area contributed by atoms with Crippen LogP contribution < -0.4 is 10.6 Å². The van der Waals surface area contributed by atoms with Crippen LogP contribution in [0.2, 0.25) is 0 Å². The average molecular weight is 112 g/mol. The van der Waals surface area contributed by atoms with Crippen molar-refractivity contribution in [2.75, 3.05) is 13.1 Å². The lowest BCUT2D eigenvalue weighted by Gasteiger charge is -2.15. The molecule has 3 nitrogen and oxygen atoms in total. The second-order valence-electron chi connectivity index (χ2n) is 1.66. The van der Waals surface area contributed by atoms with Crippen molar-refractivity contribution in [3.63, 3.8) is 0 Å². The van der Waals surface area contributed by atoms with Crippen LogP contribution >= 0.6 is 0 Å². The maximum absolute atomic E-state index is 10.5. The van der Waals surface area contributed by atoms with Gasteiger partial charge in [-0.3, -0.25) is 4.79 Å². The second kappa shape index (κ2) is 1.86. The molecule has 0 aromatic rings. The Morgan fingerprint density at radius 1 is 1.38 bits per heavy atom. The predicted molar refractivity (Wildman–Crippen MR) is 30.2 cm³/mol. The molecule has 0 atom stereocenters. The van der Waals surface area contributed by atoms with Gasteiger partial charge in [-0.05, 0) is 0 Å². The average Bonchev–Trinajstić information content (AvgIpc) is 1.77. The molecule has 1 aliphatic rings. The topological polar surface area (TPSA) is 41.1 Å². The number of hydrogen-bond acceptors (Lipinski definition) is 2. The van der Waals surface area contributed by atoms with Crippen molar-refractivity contribution in [3.8, 4) is 0 Å². The van der Waals surface area contributed by atoms with Crippen molar-refractivity contribution in [1.82, 2.24) is 10.6 Å². The summed E-state index contributed by atoms with van der Waals surface area (Å²) in [5, 5.41) is 5.46. The number of nitrogens with one attached hydrogen (secondary N) is 2. The Morgan fingerprint density at radius 2 is 2.00 bits per heavy atom. The third-order valence-electron chi connectivity index (χ3n) is 1.02. The molecule has 0 aliphatic carbocycles. The van der Waals surface area contributed by atoms with Crippen molar-refractivity contribution in [2.45, 2.75) is 0 Å². The smallest absolute Gasteiger partial charge is 0.266 e. The summed E-state index contributed by atoms with van der Waals surface area (Å²) in [6.07, 6.45) is 0. The number of piperazine rings is 1. The van der Waals surface area contributed by atoms with E-state index in [-0.39, 0.29) is 5.91 Å². The molecule has 0 bridgehead atoms. The molecule has 44 valence electrons. The molecule has 1 heterocycles. The fourth-order valence-corrected chi connectivity index (χ4v) is 0.576. The summed E-state index contributed by atoms with van der Waals surface area (Å²) >= 11 is 0. The molecule has 0 aromatic heterocycles. The Kier molecular flexibility index (Phi) is 1.20. The summed E-state index contributed by atoms with van der Waals surface area (Å²) in [7, 11) is 0. The van der Waals surface area contributed by atoms with Crippen LogP contribution in [-0.2, 0) is 4.79 Å². The fourth-order valence-electron chi connectivity index (χ4n) is 0.576. The molecule has 0 spiro atoms. The monoisotopic (exact) mass is 112 g/mol. The summed E-state index contributed by atoms with van der Waals surface area (Å²) in [6.45, 7) is 4.97. The summed E-state index contributed by atoms with van der Waals surface area (Å²) in [6, 6.07) is 0. The lowest BCUT2D eigenvalue weighted by molar-refractivity contribution is -0.118. The molecule has 0 radical (unpaired) electrons. The van der Waals surface area contributed by atoms with Gasteiger partial charge in [-0.25, -0.2) is 0 Å². The van der Waals surface area contributed by atoms with Crippen molar-refractivity contribution in [1.29, 1.82) is 0 Å². The minimum absolute atomic E-state index is 0.0868. The summed E-state index contributed by atoms with van der Waals surface area (Å²) in [4.78, 5) is 10.5. The van der Waals surface area contributed by atoms with Crippen LogP contribution in [0.25, 0.3) is 0 Å². The highest BCUT2D eigenvalue weighted by molar-refractivity contribution is 5.92. The van der Waals surface area contributed by atoms with Gasteiger partial charge in [0.1, 0.15) is 0 Å². The Bertz CT molecular complexity index is 114. The predicted octanol–water partition coefficient (Wildman–Crippen LogP) is -0.781. The first-order valence-corrected chi connectivity index (χ1v) is 2.51. The molecule has 2 N–H and O–H groups in total. The van der Waals surface area contributed by atoms with Gasteiger partial charge in [0.25, 0.3) is 5.91 Å². The van der Waals surface area contributed by atoms with E-state index in [4.69, 9.17) is 0 Å². The molecular formula is C5H8N2O. The highest BCUT2D eigenvalue weighted by atomic mass is 16.2. The zero-order valence-electron chi connectivity index (χ0n) is 4.53. The van der Waals surface area contributed by atoms with Crippen molar-refractivity contribution in [3.05, 3.63) is 12.3 Å². The van der Waals surface area contributed by atoms with Gasteiger partial charge in [-0.15, -0.1) is 0 Å². The summed E-state index contributed by atoms with van der Waals surface area (Å²) in [5.41, 5.74) is 0.469.